The second kappa shape index (κ2) is 4.38. The monoisotopic (exact) mass is 204 g/mol. The van der Waals surface area contributed by atoms with E-state index in [-0.39, 0.29) is 0 Å². The number of benzene rings is 1. The summed E-state index contributed by atoms with van der Waals surface area (Å²) in [5.74, 6) is 1.32. The Morgan fingerprint density at radius 3 is 2.13 bits per heavy atom. The first-order valence-corrected chi connectivity index (χ1v) is 5.89. The van der Waals surface area contributed by atoms with Crippen molar-refractivity contribution in [3.63, 3.8) is 0 Å². The Morgan fingerprint density at radius 1 is 1.07 bits per heavy atom. The van der Waals surface area contributed by atoms with E-state index in [4.69, 9.17) is 0 Å². The molecule has 1 aromatic rings. The maximum absolute atomic E-state index is 2.35. The van der Waals surface area contributed by atoms with Gasteiger partial charge in [0.25, 0.3) is 0 Å². The molecule has 0 heteroatoms. The lowest BCUT2D eigenvalue weighted by Gasteiger charge is -2.32. The van der Waals surface area contributed by atoms with Crippen LogP contribution < -0.4 is 0 Å². The van der Waals surface area contributed by atoms with Crippen molar-refractivity contribution in [3.05, 3.63) is 35.4 Å². The van der Waals surface area contributed by atoms with Gasteiger partial charge in [-0.25, -0.2) is 0 Å². The van der Waals surface area contributed by atoms with Crippen molar-refractivity contribution in [1.29, 1.82) is 0 Å². The third-order valence-corrected chi connectivity index (χ3v) is 3.68. The van der Waals surface area contributed by atoms with Crippen LogP contribution in [-0.2, 0) is 0 Å². The molecule has 0 N–H and O–H groups in total. The molecule has 0 fully saturated rings. The van der Waals surface area contributed by atoms with Gasteiger partial charge in [-0.1, -0.05) is 64.4 Å². The SMILES string of the molecule is Cc1cccc(C(C)C(C)C(C)(C)C)c1. The average molecular weight is 204 g/mol. The number of hydrogen-bond donors (Lipinski definition) is 0. The van der Waals surface area contributed by atoms with Gasteiger partial charge in [0.15, 0.2) is 0 Å². The van der Waals surface area contributed by atoms with E-state index in [2.05, 4.69) is 65.8 Å². The maximum atomic E-state index is 2.35. The summed E-state index contributed by atoms with van der Waals surface area (Å²) in [5, 5.41) is 0. The van der Waals surface area contributed by atoms with Gasteiger partial charge in [-0.2, -0.15) is 0 Å². The first kappa shape index (κ1) is 12.3. The third kappa shape index (κ3) is 3.09. The Morgan fingerprint density at radius 2 is 1.67 bits per heavy atom. The van der Waals surface area contributed by atoms with E-state index in [1.54, 1.807) is 0 Å². The Bertz CT molecular complexity index is 317. The van der Waals surface area contributed by atoms with E-state index in [1.807, 2.05) is 0 Å². The highest BCUT2D eigenvalue weighted by molar-refractivity contribution is 5.25. The molecule has 15 heavy (non-hydrogen) atoms. The van der Waals surface area contributed by atoms with Crippen LogP contribution >= 0.6 is 0 Å². The second-order valence-corrected chi connectivity index (χ2v) is 5.86. The third-order valence-electron chi connectivity index (χ3n) is 3.68. The zero-order valence-corrected chi connectivity index (χ0v) is 11.0. The fourth-order valence-corrected chi connectivity index (χ4v) is 1.99. The molecule has 0 nitrogen and oxygen atoms in total. The summed E-state index contributed by atoms with van der Waals surface area (Å²) in [6.07, 6.45) is 0. The quantitative estimate of drug-likeness (QED) is 0.650. The van der Waals surface area contributed by atoms with E-state index in [9.17, 15) is 0 Å². The molecule has 0 heterocycles. The first-order chi connectivity index (χ1) is 6.82. The number of rotatable bonds is 2. The molecule has 0 aliphatic heterocycles. The van der Waals surface area contributed by atoms with Crippen LogP contribution in [0.1, 0.15) is 51.7 Å². The minimum Gasteiger partial charge on any atom is -0.0617 e. The van der Waals surface area contributed by atoms with Gasteiger partial charge in [-0.05, 0) is 29.7 Å². The minimum atomic E-state index is 0.378. The van der Waals surface area contributed by atoms with Crippen molar-refractivity contribution in [3.8, 4) is 0 Å². The van der Waals surface area contributed by atoms with Crippen molar-refractivity contribution >= 4 is 0 Å². The molecule has 0 amide bonds. The highest BCUT2D eigenvalue weighted by Crippen LogP contribution is 2.37. The standard InChI is InChI=1S/C15H24/c1-11-8-7-9-14(10-11)12(2)13(3)15(4,5)6/h7-10,12-13H,1-6H3. The van der Waals surface area contributed by atoms with Crippen LogP contribution in [0.15, 0.2) is 24.3 Å². The fourth-order valence-electron chi connectivity index (χ4n) is 1.99. The topological polar surface area (TPSA) is 0 Å². The van der Waals surface area contributed by atoms with Gasteiger partial charge in [-0.15, -0.1) is 0 Å². The predicted octanol–water partition coefficient (Wildman–Crippen LogP) is 4.78. The molecule has 0 spiro atoms. The fraction of sp³-hybridized carbons (Fsp3) is 0.600. The number of hydrogen-bond acceptors (Lipinski definition) is 0. The van der Waals surface area contributed by atoms with Gasteiger partial charge in [0, 0.05) is 0 Å². The van der Waals surface area contributed by atoms with E-state index < -0.39 is 0 Å². The van der Waals surface area contributed by atoms with Crippen molar-refractivity contribution in [2.75, 3.05) is 0 Å². The van der Waals surface area contributed by atoms with Crippen molar-refractivity contribution in [2.24, 2.45) is 11.3 Å². The Labute approximate surface area is 94.7 Å². The molecule has 1 rings (SSSR count). The van der Waals surface area contributed by atoms with E-state index in [0.717, 1.165) is 0 Å². The smallest absolute Gasteiger partial charge is 0.0160 e. The second-order valence-electron chi connectivity index (χ2n) is 5.86. The van der Waals surface area contributed by atoms with Crippen molar-refractivity contribution < 1.29 is 0 Å². The molecule has 0 bridgehead atoms. The van der Waals surface area contributed by atoms with E-state index in [0.29, 0.717) is 17.3 Å². The van der Waals surface area contributed by atoms with Crippen molar-refractivity contribution in [2.45, 2.75) is 47.5 Å². The summed E-state index contributed by atoms with van der Waals surface area (Å²) in [7, 11) is 0. The van der Waals surface area contributed by atoms with Crippen LogP contribution in [0.4, 0.5) is 0 Å². The lowest BCUT2D eigenvalue weighted by atomic mass is 9.72. The summed E-state index contributed by atoms with van der Waals surface area (Å²) < 4.78 is 0. The van der Waals surface area contributed by atoms with Gasteiger partial charge in [0.2, 0.25) is 0 Å². The molecule has 1 aromatic carbocycles. The van der Waals surface area contributed by atoms with Gasteiger partial charge in [0.1, 0.15) is 0 Å². The molecular formula is C15H24. The van der Waals surface area contributed by atoms with E-state index >= 15 is 0 Å². The van der Waals surface area contributed by atoms with Gasteiger partial charge in [-0.3, -0.25) is 0 Å². The van der Waals surface area contributed by atoms with Crippen LogP contribution in [0.5, 0.6) is 0 Å². The minimum absolute atomic E-state index is 0.378. The van der Waals surface area contributed by atoms with Crippen molar-refractivity contribution in [1.82, 2.24) is 0 Å². The summed E-state index contributed by atoms with van der Waals surface area (Å²) in [6, 6.07) is 8.89. The zero-order valence-electron chi connectivity index (χ0n) is 11.0. The average Bonchev–Trinajstić information content (AvgIpc) is 2.14. The predicted molar refractivity (Wildman–Crippen MR) is 68.2 cm³/mol. The Balaban J connectivity index is 2.90. The molecule has 0 aliphatic carbocycles. The van der Waals surface area contributed by atoms with Gasteiger partial charge in [0.05, 0.1) is 0 Å². The summed E-state index contributed by atoms with van der Waals surface area (Å²) in [4.78, 5) is 0. The molecule has 2 unspecified atom stereocenters. The Hall–Kier alpha value is -0.780. The van der Waals surface area contributed by atoms with E-state index in [1.165, 1.54) is 11.1 Å². The van der Waals surface area contributed by atoms with Crippen LogP contribution in [0, 0.1) is 18.3 Å². The zero-order chi connectivity index (χ0) is 11.6. The molecule has 0 saturated heterocycles. The summed E-state index contributed by atoms with van der Waals surface area (Å²) >= 11 is 0. The van der Waals surface area contributed by atoms with Crippen LogP contribution in [0.25, 0.3) is 0 Å². The molecule has 84 valence electrons. The molecule has 0 aromatic heterocycles. The van der Waals surface area contributed by atoms with Crippen LogP contribution in [0.3, 0.4) is 0 Å². The van der Waals surface area contributed by atoms with Crippen LogP contribution in [0.2, 0.25) is 0 Å². The lowest BCUT2D eigenvalue weighted by molar-refractivity contribution is 0.228. The lowest BCUT2D eigenvalue weighted by Crippen LogP contribution is -2.22. The molecule has 0 saturated carbocycles. The summed E-state index contributed by atoms with van der Waals surface area (Å²) in [5.41, 5.74) is 3.21. The molecule has 0 aliphatic rings. The van der Waals surface area contributed by atoms with Gasteiger partial charge >= 0.3 is 0 Å². The highest BCUT2D eigenvalue weighted by Gasteiger charge is 2.26. The molecule has 2 atom stereocenters. The molecule has 0 radical (unpaired) electrons. The van der Waals surface area contributed by atoms with Crippen LogP contribution in [-0.4, -0.2) is 0 Å². The van der Waals surface area contributed by atoms with Gasteiger partial charge < -0.3 is 0 Å². The number of aryl methyl sites for hydroxylation is 1. The maximum Gasteiger partial charge on any atom is -0.0160 e. The Kier molecular flexibility index (Phi) is 3.59. The largest absolute Gasteiger partial charge is 0.0617 e. The normalized spacial score (nSPS) is 16.1. The highest BCUT2D eigenvalue weighted by atomic mass is 14.3. The first-order valence-electron chi connectivity index (χ1n) is 5.89. The molecular weight excluding hydrogens is 180 g/mol. The summed E-state index contributed by atoms with van der Waals surface area (Å²) in [6.45, 7) is 13.8.